The second kappa shape index (κ2) is 5.18. The van der Waals surface area contributed by atoms with Gasteiger partial charge in [0.2, 0.25) is 0 Å². The van der Waals surface area contributed by atoms with Crippen molar-refractivity contribution in [2.24, 2.45) is 0 Å². The first-order valence-electron chi connectivity index (χ1n) is 7.45. The van der Waals surface area contributed by atoms with E-state index in [0.29, 0.717) is 25.2 Å². The number of rotatable bonds is 2. The maximum Gasteiger partial charge on any atom is 0.407 e. The molecule has 2 aliphatic heterocycles. The molecule has 0 bridgehead atoms. The van der Waals surface area contributed by atoms with Crippen molar-refractivity contribution in [3.8, 4) is 0 Å². The lowest BCUT2D eigenvalue weighted by atomic mass is 10.1. The first-order chi connectivity index (χ1) is 10.0. The van der Waals surface area contributed by atoms with Gasteiger partial charge in [-0.15, -0.1) is 0 Å². The standard InChI is InChI=1S/C15H21N3O3/c1-3-13(19)12-5-4-10-6-11-8-17(15(20)21)7-9(2)18(11)14(10)16-12/h4-5,9,11,13,19H,3,6-8H2,1-2H3,(H,20,21). The molecule has 0 saturated carbocycles. The summed E-state index contributed by atoms with van der Waals surface area (Å²) in [5.74, 6) is 0.919. The number of carbonyl (C=O) groups is 1. The molecule has 3 rings (SSSR count). The summed E-state index contributed by atoms with van der Waals surface area (Å²) in [4.78, 5) is 19.5. The number of fused-ring (bicyclic) bond motifs is 3. The zero-order valence-corrected chi connectivity index (χ0v) is 12.4. The number of piperazine rings is 1. The molecule has 0 radical (unpaired) electrons. The van der Waals surface area contributed by atoms with Gasteiger partial charge in [-0.05, 0) is 31.4 Å². The Labute approximate surface area is 124 Å². The lowest BCUT2D eigenvalue weighted by molar-refractivity contribution is 0.128. The third-order valence-corrected chi connectivity index (χ3v) is 4.46. The quantitative estimate of drug-likeness (QED) is 0.866. The second-order valence-electron chi connectivity index (χ2n) is 5.94. The van der Waals surface area contributed by atoms with E-state index >= 15 is 0 Å². The summed E-state index contributed by atoms with van der Waals surface area (Å²) in [6.45, 7) is 4.97. The summed E-state index contributed by atoms with van der Waals surface area (Å²) in [6.07, 6.45) is 0.0636. The van der Waals surface area contributed by atoms with Crippen LogP contribution in [0, 0.1) is 0 Å². The van der Waals surface area contributed by atoms with E-state index in [1.54, 1.807) is 0 Å². The molecule has 0 spiro atoms. The number of aliphatic hydroxyl groups excluding tert-OH is 1. The number of pyridine rings is 1. The van der Waals surface area contributed by atoms with Crippen LogP contribution in [0.1, 0.15) is 37.6 Å². The van der Waals surface area contributed by atoms with E-state index in [0.717, 1.165) is 17.8 Å². The minimum atomic E-state index is -0.854. The van der Waals surface area contributed by atoms with E-state index in [4.69, 9.17) is 0 Å². The van der Waals surface area contributed by atoms with Gasteiger partial charge < -0.3 is 20.0 Å². The van der Waals surface area contributed by atoms with Crippen molar-refractivity contribution in [1.29, 1.82) is 0 Å². The van der Waals surface area contributed by atoms with Gasteiger partial charge in [-0.1, -0.05) is 13.0 Å². The Morgan fingerprint density at radius 1 is 1.48 bits per heavy atom. The van der Waals surface area contributed by atoms with Crippen LogP contribution < -0.4 is 4.90 Å². The Balaban J connectivity index is 1.90. The van der Waals surface area contributed by atoms with Gasteiger partial charge in [-0.25, -0.2) is 9.78 Å². The van der Waals surface area contributed by atoms with Crippen molar-refractivity contribution in [3.05, 3.63) is 23.4 Å². The summed E-state index contributed by atoms with van der Waals surface area (Å²) in [7, 11) is 0. The molecule has 1 saturated heterocycles. The summed E-state index contributed by atoms with van der Waals surface area (Å²) in [5.41, 5.74) is 1.84. The number of amides is 1. The predicted molar refractivity (Wildman–Crippen MR) is 78.5 cm³/mol. The fraction of sp³-hybridized carbons (Fsp3) is 0.600. The van der Waals surface area contributed by atoms with Crippen LogP contribution in [0.3, 0.4) is 0 Å². The molecule has 1 aromatic heterocycles. The molecule has 1 aromatic rings. The SMILES string of the molecule is CCC(O)c1ccc2c(n1)N1C(C)CN(C(=O)O)CC1C2. The molecule has 2 aliphatic rings. The normalized spacial score (nSPS) is 25.5. The Kier molecular flexibility index (Phi) is 3.49. The monoisotopic (exact) mass is 291 g/mol. The van der Waals surface area contributed by atoms with Crippen molar-refractivity contribution < 1.29 is 15.0 Å². The van der Waals surface area contributed by atoms with Crippen molar-refractivity contribution in [2.45, 2.75) is 44.9 Å². The minimum absolute atomic E-state index is 0.0996. The summed E-state index contributed by atoms with van der Waals surface area (Å²) < 4.78 is 0. The Bertz CT molecular complexity index is 563. The number of nitrogens with zero attached hydrogens (tertiary/aromatic N) is 3. The molecule has 1 amide bonds. The zero-order valence-electron chi connectivity index (χ0n) is 12.4. The highest BCUT2D eigenvalue weighted by Crippen LogP contribution is 2.36. The zero-order chi connectivity index (χ0) is 15.1. The molecule has 1 fully saturated rings. The largest absolute Gasteiger partial charge is 0.465 e. The molecule has 21 heavy (non-hydrogen) atoms. The average Bonchev–Trinajstić information content (AvgIpc) is 2.83. The second-order valence-corrected chi connectivity index (χ2v) is 5.94. The van der Waals surface area contributed by atoms with Crippen LogP contribution in [-0.2, 0) is 6.42 Å². The third-order valence-electron chi connectivity index (χ3n) is 4.46. The smallest absolute Gasteiger partial charge is 0.407 e. The van der Waals surface area contributed by atoms with E-state index in [-0.39, 0.29) is 12.1 Å². The van der Waals surface area contributed by atoms with Gasteiger partial charge in [0.05, 0.1) is 17.8 Å². The fourth-order valence-corrected chi connectivity index (χ4v) is 3.41. The Hall–Kier alpha value is -1.82. The van der Waals surface area contributed by atoms with Gasteiger partial charge in [0.15, 0.2) is 0 Å². The fourth-order valence-electron chi connectivity index (χ4n) is 3.41. The number of carboxylic acid groups (broad SMARTS) is 1. The molecule has 2 N–H and O–H groups in total. The van der Waals surface area contributed by atoms with Gasteiger partial charge >= 0.3 is 6.09 Å². The Morgan fingerprint density at radius 2 is 2.24 bits per heavy atom. The maximum atomic E-state index is 11.2. The molecule has 3 atom stereocenters. The molecule has 6 heteroatoms. The van der Waals surface area contributed by atoms with Crippen LogP contribution in [0.25, 0.3) is 0 Å². The van der Waals surface area contributed by atoms with Crippen molar-refractivity contribution >= 4 is 11.9 Å². The lowest BCUT2D eigenvalue weighted by Gasteiger charge is -2.42. The maximum absolute atomic E-state index is 11.2. The molecule has 114 valence electrons. The van der Waals surface area contributed by atoms with Gasteiger partial charge in [-0.2, -0.15) is 0 Å². The van der Waals surface area contributed by atoms with Gasteiger partial charge in [0.1, 0.15) is 5.82 Å². The Morgan fingerprint density at radius 3 is 2.90 bits per heavy atom. The first kappa shape index (κ1) is 14.1. The van der Waals surface area contributed by atoms with Gasteiger partial charge in [-0.3, -0.25) is 0 Å². The third kappa shape index (κ3) is 2.33. The van der Waals surface area contributed by atoms with Crippen molar-refractivity contribution in [2.75, 3.05) is 18.0 Å². The van der Waals surface area contributed by atoms with Crippen LogP contribution in [0.4, 0.5) is 10.6 Å². The summed E-state index contributed by atoms with van der Waals surface area (Å²) in [6, 6.07) is 4.15. The van der Waals surface area contributed by atoms with E-state index in [9.17, 15) is 15.0 Å². The minimum Gasteiger partial charge on any atom is -0.465 e. The topological polar surface area (TPSA) is 76.9 Å². The predicted octanol–water partition coefficient (Wildman–Crippen LogP) is 1.64. The molecular formula is C15H21N3O3. The number of aliphatic hydroxyl groups is 1. The van der Waals surface area contributed by atoms with Crippen LogP contribution >= 0.6 is 0 Å². The molecule has 3 heterocycles. The van der Waals surface area contributed by atoms with E-state index < -0.39 is 12.2 Å². The molecular weight excluding hydrogens is 270 g/mol. The summed E-state index contributed by atoms with van der Waals surface area (Å²) >= 11 is 0. The highest BCUT2D eigenvalue weighted by Gasteiger charge is 2.40. The first-order valence-corrected chi connectivity index (χ1v) is 7.45. The van der Waals surface area contributed by atoms with Crippen LogP contribution in [-0.4, -0.2) is 51.4 Å². The van der Waals surface area contributed by atoms with E-state index in [1.807, 2.05) is 26.0 Å². The van der Waals surface area contributed by atoms with Crippen LogP contribution in [0.5, 0.6) is 0 Å². The van der Waals surface area contributed by atoms with Crippen LogP contribution in [0.2, 0.25) is 0 Å². The molecule has 6 nitrogen and oxygen atoms in total. The number of aromatic nitrogens is 1. The van der Waals surface area contributed by atoms with E-state index in [1.165, 1.54) is 4.90 Å². The summed E-state index contributed by atoms with van der Waals surface area (Å²) in [5, 5.41) is 19.2. The van der Waals surface area contributed by atoms with Gasteiger partial charge in [0.25, 0.3) is 0 Å². The van der Waals surface area contributed by atoms with E-state index in [2.05, 4.69) is 9.88 Å². The van der Waals surface area contributed by atoms with Crippen molar-refractivity contribution in [1.82, 2.24) is 9.88 Å². The molecule has 0 aliphatic carbocycles. The highest BCUT2D eigenvalue weighted by molar-refractivity contribution is 5.67. The highest BCUT2D eigenvalue weighted by atomic mass is 16.4. The number of hydrogen-bond donors (Lipinski definition) is 2. The molecule has 3 unspecified atom stereocenters. The number of hydrogen-bond acceptors (Lipinski definition) is 4. The lowest BCUT2D eigenvalue weighted by Crippen LogP contribution is -2.58. The number of anilines is 1. The molecule has 0 aromatic carbocycles. The average molecular weight is 291 g/mol. The van der Waals surface area contributed by atoms with Gasteiger partial charge in [0, 0.05) is 19.1 Å². The van der Waals surface area contributed by atoms with Crippen molar-refractivity contribution in [3.63, 3.8) is 0 Å². The van der Waals surface area contributed by atoms with Crippen LogP contribution in [0.15, 0.2) is 12.1 Å².